The number of anilines is 2. The van der Waals surface area contributed by atoms with Gasteiger partial charge in [0.05, 0.1) is 21.5 Å². The van der Waals surface area contributed by atoms with Gasteiger partial charge in [-0.25, -0.2) is 17.8 Å². The third-order valence-electron chi connectivity index (χ3n) is 4.23. The minimum absolute atomic E-state index is 0.114. The molecule has 0 radical (unpaired) electrons. The molecule has 0 aliphatic carbocycles. The molecule has 4 rings (SSSR count). The Morgan fingerprint density at radius 3 is 2.47 bits per heavy atom. The molecule has 1 amide bonds. The number of thiazole rings is 1. The Morgan fingerprint density at radius 2 is 1.73 bits per heavy atom. The van der Waals surface area contributed by atoms with Crippen molar-refractivity contribution in [1.29, 1.82) is 0 Å². The van der Waals surface area contributed by atoms with Gasteiger partial charge in [0.25, 0.3) is 10.0 Å². The van der Waals surface area contributed by atoms with E-state index in [2.05, 4.69) is 15.0 Å². The molecule has 0 spiro atoms. The van der Waals surface area contributed by atoms with Crippen molar-refractivity contribution in [1.82, 2.24) is 4.98 Å². The topological polar surface area (TPSA) is 88.2 Å². The molecule has 0 bridgehead atoms. The van der Waals surface area contributed by atoms with Gasteiger partial charge in [0, 0.05) is 5.69 Å². The molecule has 30 heavy (non-hydrogen) atoms. The largest absolute Gasteiger partial charge is 0.326 e. The molecule has 0 saturated heterocycles. The Balaban J connectivity index is 1.48. The number of sulfonamides is 1. The van der Waals surface area contributed by atoms with Crippen LogP contribution < -0.4 is 10.0 Å². The molecule has 0 fully saturated rings. The summed E-state index contributed by atoms with van der Waals surface area (Å²) in [5, 5.41) is 3.03. The Morgan fingerprint density at radius 1 is 1.00 bits per heavy atom. The van der Waals surface area contributed by atoms with Gasteiger partial charge in [0.1, 0.15) is 5.82 Å². The first-order chi connectivity index (χ1) is 14.4. The van der Waals surface area contributed by atoms with Crippen molar-refractivity contribution in [2.45, 2.75) is 11.3 Å². The van der Waals surface area contributed by atoms with Gasteiger partial charge in [0.15, 0.2) is 5.13 Å². The minimum atomic E-state index is -3.73. The second-order valence-electron chi connectivity index (χ2n) is 6.47. The van der Waals surface area contributed by atoms with Crippen LogP contribution in [0.15, 0.2) is 77.7 Å². The highest BCUT2D eigenvalue weighted by Gasteiger charge is 2.16. The normalized spacial score (nSPS) is 11.4. The number of benzene rings is 3. The van der Waals surface area contributed by atoms with Gasteiger partial charge in [-0.3, -0.25) is 9.52 Å². The standard InChI is InChI=1S/C21H16FN3O3S2/c22-15-8-6-14(7-9-15)12-20(26)23-16-10-11-18-19(13-16)29-21(24-18)25-30(27,28)17-4-2-1-3-5-17/h1-11,13H,12H2,(H,23,26)(H,24,25). The first-order valence-electron chi connectivity index (χ1n) is 8.92. The molecule has 0 aliphatic heterocycles. The van der Waals surface area contributed by atoms with E-state index in [1.54, 1.807) is 48.5 Å². The predicted octanol–water partition coefficient (Wildman–Crippen LogP) is 4.42. The Labute approximate surface area is 176 Å². The number of carbonyl (C=O) groups excluding carboxylic acids is 1. The lowest BCUT2D eigenvalue weighted by Crippen LogP contribution is -2.14. The summed E-state index contributed by atoms with van der Waals surface area (Å²) in [6.45, 7) is 0. The van der Waals surface area contributed by atoms with Gasteiger partial charge in [-0.05, 0) is 48.0 Å². The number of carbonyl (C=O) groups is 1. The zero-order valence-electron chi connectivity index (χ0n) is 15.5. The van der Waals surface area contributed by atoms with E-state index in [0.717, 1.165) is 4.70 Å². The van der Waals surface area contributed by atoms with E-state index in [1.807, 2.05) is 0 Å². The van der Waals surface area contributed by atoms with Crippen molar-refractivity contribution in [2.75, 3.05) is 10.0 Å². The number of amides is 1. The summed E-state index contributed by atoms with van der Waals surface area (Å²) >= 11 is 1.17. The zero-order valence-corrected chi connectivity index (χ0v) is 17.1. The number of halogens is 1. The monoisotopic (exact) mass is 441 g/mol. The molecule has 6 nitrogen and oxygen atoms in total. The van der Waals surface area contributed by atoms with Crippen LogP contribution in [0, 0.1) is 5.82 Å². The van der Waals surface area contributed by atoms with Crippen LogP contribution in [0.5, 0.6) is 0 Å². The lowest BCUT2D eigenvalue weighted by Gasteiger charge is -2.05. The first-order valence-corrected chi connectivity index (χ1v) is 11.2. The fraction of sp³-hybridized carbons (Fsp3) is 0.0476. The Kier molecular flexibility index (Phi) is 5.47. The Bertz CT molecular complexity index is 1300. The van der Waals surface area contributed by atoms with Crippen LogP contribution in [0.2, 0.25) is 0 Å². The summed E-state index contributed by atoms with van der Waals surface area (Å²) in [4.78, 5) is 16.7. The first kappa shape index (κ1) is 20.0. The van der Waals surface area contributed by atoms with E-state index in [4.69, 9.17) is 0 Å². The summed E-state index contributed by atoms with van der Waals surface area (Å²) in [5.41, 5.74) is 1.88. The van der Waals surface area contributed by atoms with Crippen LogP contribution in [0.25, 0.3) is 10.2 Å². The third kappa shape index (κ3) is 4.64. The second kappa shape index (κ2) is 8.21. The maximum absolute atomic E-state index is 13.0. The van der Waals surface area contributed by atoms with Crippen molar-refractivity contribution < 1.29 is 17.6 Å². The molecule has 0 saturated carbocycles. The quantitative estimate of drug-likeness (QED) is 0.464. The molecule has 1 aromatic heterocycles. The van der Waals surface area contributed by atoms with Crippen LogP contribution in [0.4, 0.5) is 15.2 Å². The van der Waals surface area contributed by atoms with Gasteiger partial charge in [-0.15, -0.1) is 0 Å². The average molecular weight is 442 g/mol. The van der Waals surface area contributed by atoms with Gasteiger partial charge in [-0.2, -0.15) is 0 Å². The molecule has 9 heteroatoms. The van der Waals surface area contributed by atoms with Crippen molar-refractivity contribution in [2.24, 2.45) is 0 Å². The zero-order chi connectivity index (χ0) is 21.1. The summed E-state index contributed by atoms with van der Waals surface area (Å²) in [6.07, 6.45) is 0.114. The maximum Gasteiger partial charge on any atom is 0.263 e. The molecule has 2 N–H and O–H groups in total. The van der Waals surface area contributed by atoms with E-state index in [-0.39, 0.29) is 28.2 Å². The molecule has 1 heterocycles. The lowest BCUT2D eigenvalue weighted by molar-refractivity contribution is -0.115. The van der Waals surface area contributed by atoms with Crippen molar-refractivity contribution in [3.63, 3.8) is 0 Å². The molecule has 3 aromatic carbocycles. The fourth-order valence-corrected chi connectivity index (χ4v) is 4.97. The van der Waals surface area contributed by atoms with E-state index < -0.39 is 10.0 Å². The minimum Gasteiger partial charge on any atom is -0.326 e. The van der Waals surface area contributed by atoms with Crippen molar-refractivity contribution >= 4 is 48.3 Å². The van der Waals surface area contributed by atoms with Crippen LogP contribution in [-0.4, -0.2) is 19.3 Å². The molecule has 152 valence electrons. The highest BCUT2D eigenvalue weighted by atomic mass is 32.2. The lowest BCUT2D eigenvalue weighted by atomic mass is 10.1. The van der Waals surface area contributed by atoms with Crippen LogP contribution in [0.3, 0.4) is 0 Å². The number of aromatic nitrogens is 1. The smallest absolute Gasteiger partial charge is 0.263 e. The fourth-order valence-electron chi connectivity index (χ4n) is 2.81. The molecular weight excluding hydrogens is 425 g/mol. The summed E-state index contributed by atoms with van der Waals surface area (Å²) in [7, 11) is -3.73. The van der Waals surface area contributed by atoms with E-state index in [1.165, 1.54) is 35.6 Å². The molecule has 0 unspecified atom stereocenters. The van der Waals surface area contributed by atoms with Crippen molar-refractivity contribution in [3.8, 4) is 0 Å². The Hall–Kier alpha value is -3.30. The molecule has 4 aromatic rings. The van der Waals surface area contributed by atoms with E-state index in [9.17, 15) is 17.6 Å². The van der Waals surface area contributed by atoms with Crippen LogP contribution in [0.1, 0.15) is 5.56 Å². The second-order valence-corrected chi connectivity index (χ2v) is 9.18. The summed E-state index contributed by atoms with van der Waals surface area (Å²) < 4.78 is 41.1. The van der Waals surface area contributed by atoms with Crippen LogP contribution in [-0.2, 0) is 21.2 Å². The van der Waals surface area contributed by atoms with E-state index in [0.29, 0.717) is 16.8 Å². The number of nitrogens with zero attached hydrogens (tertiary/aromatic N) is 1. The number of fused-ring (bicyclic) bond motifs is 1. The summed E-state index contributed by atoms with van der Waals surface area (Å²) in [6, 6.07) is 18.9. The summed E-state index contributed by atoms with van der Waals surface area (Å²) in [5.74, 6) is -0.594. The van der Waals surface area contributed by atoms with E-state index >= 15 is 0 Å². The van der Waals surface area contributed by atoms with Gasteiger partial charge < -0.3 is 5.32 Å². The van der Waals surface area contributed by atoms with Gasteiger partial charge in [0.2, 0.25) is 5.91 Å². The molecule has 0 aliphatic rings. The predicted molar refractivity (Wildman–Crippen MR) is 116 cm³/mol. The maximum atomic E-state index is 13.0. The number of hydrogen-bond acceptors (Lipinski definition) is 5. The highest BCUT2D eigenvalue weighted by molar-refractivity contribution is 7.93. The number of nitrogens with one attached hydrogen (secondary N) is 2. The third-order valence-corrected chi connectivity index (χ3v) is 6.64. The highest BCUT2D eigenvalue weighted by Crippen LogP contribution is 2.30. The van der Waals surface area contributed by atoms with Gasteiger partial charge in [-0.1, -0.05) is 41.7 Å². The molecule has 0 atom stereocenters. The number of rotatable bonds is 6. The molecular formula is C21H16FN3O3S2. The average Bonchev–Trinajstić information content (AvgIpc) is 3.11. The van der Waals surface area contributed by atoms with Gasteiger partial charge >= 0.3 is 0 Å². The SMILES string of the molecule is O=C(Cc1ccc(F)cc1)Nc1ccc2nc(NS(=O)(=O)c3ccccc3)sc2c1. The van der Waals surface area contributed by atoms with Crippen LogP contribution >= 0.6 is 11.3 Å². The number of hydrogen-bond donors (Lipinski definition) is 2. The van der Waals surface area contributed by atoms with Crippen molar-refractivity contribution in [3.05, 3.63) is 84.2 Å².